The molecule has 3 aromatic heterocycles. The van der Waals surface area contributed by atoms with Gasteiger partial charge >= 0.3 is 12.1 Å². The quantitative estimate of drug-likeness (QED) is 0.441. The zero-order chi connectivity index (χ0) is 22.2. The fraction of sp³-hybridized carbons (Fsp3) is 0.211. The zero-order valence-corrected chi connectivity index (χ0v) is 16.8. The molecule has 1 aromatic carbocycles. The number of alkyl halides is 3. The van der Waals surface area contributed by atoms with Crippen molar-refractivity contribution in [3.05, 3.63) is 65.9 Å². The third kappa shape index (κ3) is 4.68. The van der Waals surface area contributed by atoms with E-state index in [0.717, 1.165) is 0 Å². The van der Waals surface area contributed by atoms with E-state index in [-0.39, 0.29) is 22.9 Å². The number of rotatable bonds is 6. The molecule has 4 aromatic rings. The maximum atomic E-state index is 12.6. The minimum atomic E-state index is -4.74. The summed E-state index contributed by atoms with van der Waals surface area (Å²) in [5, 5.41) is 3.34. The minimum absolute atomic E-state index is 0.167. The van der Waals surface area contributed by atoms with Gasteiger partial charge in [-0.15, -0.1) is 0 Å². The standard InChI is InChI=1S/C19H15F3N4O4S/c1-29-15-4-2-12(3-5-15)10-31(27,28)11-14-9-26-7-6-13(8-16(26)23-14)17-24-18(30-25-17)19(20,21)22/h2-9H,10-11H2,1H3. The highest BCUT2D eigenvalue weighted by molar-refractivity contribution is 7.89. The topological polar surface area (TPSA) is 99.6 Å². The first-order valence-electron chi connectivity index (χ1n) is 8.85. The number of hydrogen-bond donors (Lipinski definition) is 0. The van der Waals surface area contributed by atoms with Gasteiger partial charge in [0, 0.05) is 18.0 Å². The Morgan fingerprint density at radius 3 is 2.48 bits per heavy atom. The maximum absolute atomic E-state index is 12.6. The highest BCUT2D eigenvalue weighted by Crippen LogP contribution is 2.29. The first-order valence-corrected chi connectivity index (χ1v) is 10.7. The SMILES string of the molecule is COc1ccc(CS(=O)(=O)Cc2cn3ccc(-c4noc(C(F)(F)F)n4)cc3n2)cc1. The molecule has 0 fully saturated rings. The fourth-order valence-electron chi connectivity index (χ4n) is 2.95. The Kier molecular flexibility index (Phi) is 5.17. The second-order valence-corrected chi connectivity index (χ2v) is 8.78. The van der Waals surface area contributed by atoms with Gasteiger partial charge in [-0.1, -0.05) is 17.3 Å². The van der Waals surface area contributed by atoms with Crippen molar-refractivity contribution in [3.8, 4) is 17.1 Å². The average molecular weight is 452 g/mol. The molecule has 31 heavy (non-hydrogen) atoms. The van der Waals surface area contributed by atoms with Gasteiger partial charge in [0.1, 0.15) is 11.4 Å². The van der Waals surface area contributed by atoms with Gasteiger partial charge in [0.2, 0.25) is 5.82 Å². The van der Waals surface area contributed by atoms with Crippen molar-refractivity contribution in [1.29, 1.82) is 0 Å². The maximum Gasteiger partial charge on any atom is 0.471 e. The molecule has 0 N–H and O–H groups in total. The number of nitrogens with zero attached hydrogens (tertiary/aromatic N) is 4. The van der Waals surface area contributed by atoms with Crippen molar-refractivity contribution in [2.75, 3.05) is 7.11 Å². The van der Waals surface area contributed by atoms with Gasteiger partial charge in [0.25, 0.3) is 0 Å². The van der Waals surface area contributed by atoms with Crippen LogP contribution in [0.3, 0.4) is 0 Å². The molecular formula is C19H15F3N4O4S. The Bertz CT molecular complexity index is 1330. The van der Waals surface area contributed by atoms with Gasteiger partial charge in [-0.2, -0.15) is 18.2 Å². The van der Waals surface area contributed by atoms with Gasteiger partial charge in [-0.25, -0.2) is 13.4 Å². The lowest BCUT2D eigenvalue weighted by atomic mass is 10.2. The predicted molar refractivity (Wildman–Crippen MR) is 103 cm³/mol. The molecule has 0 atom stereocenters. The van der Waals surface area contributed by atoms with Crippen LogP contribution in [0, 0.1) is 0 Å². The van der Waals surface area contributed by atoms with E-state index in [2.05, 4.69) is 19.6 Å². The fourth-order valence-corrected chi connectivity index (χ4v) is 4.34. The summed E-state index contributed by atoms with van der Waals surface area (Å²) in [5.41, 5.74) is 1.51. The second kappa shape index (κ2) is 7.69. The summed E-state index contributed by atoms with van der Waals surface area (Å²) in [7, 11) is -1.99. The summed E-state index contributed by atoms with van der Waals surface area (Å²) in [6.07, 6.45) is -1.67. The highest BCUT2D eigenvalue weighted by Gasteiger charge is 2.38. The number of sulfone groups is 1. The lowest BCUT2D eigenvalue weighted by Gasteiger charge is -2.04. The molecule has 0 saturated heterocycles. The normalized spacial score (nSPS) is 12.4. The monoisotopic (exact) mass is 452 g/mol. The third-order valence-corrected chi connectivity index (χ3v) is 5.86. The first kappa shape index (κ1) is 20.8. The van der Waals surface area contributed by atoms with Crippen LogP contribution in [-0.4, -0.2) is 35.1 Å². The van der Waals surface area contributed by atoms with E-state index in [4.69, 9.17) is 4.74 Å². The molecule has 0 aliphatic carbocycles. The Morgan fingerprint density at radius 1 is 1.10 bits per heavy atom. The molecule has 0 spiro atoms. The van der Waals surface area contributed by atoms with Crippen LogP contribution in [0.2, 0.25) is 0 Å². The molecule has 12 heteroatoms. The lowest BCUT2D eigenvalue weighted by molar-refractivity contribution is -0.159. The molecule has 0 unspecified atom stereocenters. The Hall–Kier alpha value is -3.41. The van der Waals surface area contributed by atoms with Crippen LogP contribution in [0.4, 0.5) is 13.2 Å². The molecule has 3 heterocycles. The number of ether oxygens (including phenoxy) is 1. The number of pyridine rings is 1. The molecule has 0 aliphatic heterocycles. The summed E-state index contributed by atoms with van der Waals surface area (Å²) in [4.78, 5) is 7.60. The summed E-state index contributed by atoms with van der Waals surface area (Å²) in [5.74, 6) is -1.53. The Morgan fingerprint density at radius 2 is 1.84 bits per heavy atom. The van der Waals surface area contributed by atoms with Gasteiger partial charge in [0.05, 0.1) is 24.3 Å². The molecule has 0 amide bonds. The number of hydrogen-bond acceptors (Lipinski definition) is 7. The number of aromatic nitrogens is 4. The summed E-state index contributed by atoms with van der Waals surface area (Å²) in [6.45, 7) is 0. The van der Waals surface area contributed by atoms with Crippen molar-refractivity contribution in [2.45, 2.75) is 17.7 Å². The largest absolute Gasteiger partial charge is 0.497 e. The van der Waals surface area contributed by atoms with Crippen LogP contribution in [-0.2, 0) is 27.5 Å². The highest BCUT2D eigenvalue weighted by atomic mass is 32.2. The van der Waals surface area contributed by atoms with Crippen LogP contribution in [0.25, 0.3) is 17.0 Å². The molecule has 8 nitrogen and oxygen atoms in total. The smallest absolute Gasteiger partial charge is 0.471 e. The number of halogens is 3. The number of methoxy groups -OCH3 is 1. The molecule has 162 valence electrons. The van der Waals surface area contributed by atoms with Gasteiger partial charge in [0.15, 0.2) is 9.84 Å². The molecule has 4 rings (SSSR count). The van der Waals surface area contributed by atoms with Crippen molar-refractivity contribution < 1.29 is 30.8 Å². The number of imidazole rings is 1. The van der Waals surface area contributed by atoms with E-state index >= 15 is 0 Å². The van der Waals surface area contributed by atoms with Crippen LogP contribution in [0.5, 0.6) is 5.75 Å². The van der Waals surface area contributed by atoms with Gasteiger partial charge in [-0.3, -0.25) is 0 Å². The van der Waals surface area contributed by atoms with E-state index < -0.39 is 21.9 Å². The van der Waals surface area contributed by atoms with Crippen molar-refractivity contribution in [3.63, 3.8) is 0 Å². The first-order chi connectivity index (χ1) is 14.6. The van der Waals surface area contributed by atoms with Crippen LogP contribution < -0.4 is 4.74 Å². The lowest BCUT2D eigenvalue weighted by Crippen LogP contribution is -2.07. The number of fused-ring (bicyclic) bond motifs is 1. The van der Waals surface area contributed by atoms with Crippen molar-refractivity contribution >= 4 is 15.5 Å². The van der Waals surface area contributed by atoms with Gasteiger partial charge in [-0.05, 0) is 29.8 Å². The Balaban J connectivity index is 1.54. The Labute approximate surface area is 174 Å². The predicted octanol–water partition coefficient (Wildman–Crippen LogP) is 3.53. The van der Waals surface area contributed by atoms with Crippen LogP contribution >= 0.6 is 0 Å². The second-order valence-electron chi connectivity index (χ2n) is 6.71. The van der Waals surface area contributed by atoms with Gasteiger partial charge < -0.3 is 13.7 Å². The van der Waals surface area contributed by atoms with Crippen molar-refractivity contribution in [1.82, 2.24) is 19.5 Å². The summed E-state index contributed by atoms with van der Waals surface area (Å²) < 4.78 is 73.9. The van der Waals surface area contributed by atoms with Crippen LogP contribution in [0.1, 0.15) is 17.1 Å². The summed E-state index contributed by atoms with van der Waals surface area (Å²) in [6, 6.07) is 9.64. The average Bonchev–Trinajstić information content (AvgIpc) is 3.33. The molecular weight excluding hydrogens is 437 g/mol. The third-order valence-electron chi connectivity index (χ3n) is 4.35. The van der Waals surface area contributed by atoms with E-state index in [0.29, 0.717) is 22.7 Å². The van der Waals surface area contributed by atoms with E-state index in [1.54, 1.807) is 34.9 Å². The van der Waals surface area contributed by atoms with E-state index in [1.807, 2.05) is 0 Å². The molecule has 0 radical (unpaired) electrons. The van der Waals surface area contributed by atoms with E-state index in [9.17, 15) is 21.6 Å². The van der Waals surface area contributed by atoms with Crippen molar-refractivity contribution in [2.24, 2.45) is 0 Å². The minimum Gasteiger partial charge on any atom is -0.497 e. The van der Waals surface area contributed by atoms with E-state index in [1.165, 1.54) is 25.4 Å². The number of benzene rings is 1. The summed E-state index contributed by atoms with van der Waals surface area (Å²) >= 11 is 0. The van der Waals surface area contributed by atoms with Crippen LogP contribution in [0.15, 0.2) is 53.3 Å². The molecule has 0 bridgehead atoms. The molecule has 0 saturated carbocycles. The zero-order valence-electron chi connectivity index (χ0n) is 16.0. The molecule has 0 aliphatic rings.